The Morgan fingerprint density at radius 1 is 1.00 bits per heavy atom. The molecule has 0 aromatic rings. The Morgan fingerprint density at radius 2 is 1.79 bits per heavy atom. The molecule has 29 heavy (non-hydrogen) atoms. The molecule has 0 aromatic carbocycles. The fourth-order valence-corrected chi connectivity index (χ4v) is 9.55. The molecule has 4 aliphatic rings. The first-order chi connectivity index (χ1) is 13.8. The summed E-state index contributed by atoms with van der Waals surface area (Å²) in [6.45, 7) is 12.8. The zero-order valence-corrected chi connectivity index (χ0v) is 21.1. The molecule has 0 N–H and O–H groups in total. The quantitative estimate of drug-likeness (QED) is 0.390. The lowest BCUT2D eigenvalue weighted by atomic mass is 9.47. The summed E-state index contributed by atoms with van der Waals surface area (Å²) >= 11 is 2.12. The van der Waals surface area contributed by atoms with Crippen LogP contribution in [0, 0.1) is 46.3 Å². The summed E-state index contributed by atoms with van der Waals surface area (Å²) in [5.41, 5.74) is 3.04. The SMILES string of the molecule is CS[C@H]1CC[C@@]2(C)C(=CC[C@@H]3[C@H]4CC[C@@H]([C@@H](C)CCCC(C)C)[C@]4(C)CC[C@H]32)C1. The van der Waals surface area contributed by atoms with E-state index < -0.39 is 0 Å². The molecule has 0 heterocycles. The van der Waals surface area contributed by atoms with Gasteiger partial charge in [0, 0.05) is 5.25 Å². The van der Waals surface area contributed by atoms with Crippen LogP contribution in [-0.4, -0.2) is 11.5 Å². The van der Waals surface area contributed by atoms with Crippen LogP contribution >= 0.6 is 11.8 Å². The highest BCUT2D eigenvalue weighted by Crippen LogP contribution is 2.67. The minimum atomic E-state index is 0.539. The third-order valence-electron chi connectivity index (χ3n) is 10.6. The molecule has 4 rings (SSSR count). The van der Waals surface area contributed by atoms with Gasteiger partial charge in [-0.05, 0) is 104 Å². The molecule has 0 aromatic heterocycles. The van der Waals surface area contributed by atoms with Gasteiger partial charge in [0.2, 0.25) is 0 Å². The Balaban J connectivity index is 1.48. The second-order valence-electron chi connectivity index (χ2n) is 12.4. The van der Waals surface area contributed by atoms with E-state index in [1.165, 1.54) is 70.6 Å². The molecule has 0 nitrogen and oxygen atoms in total. The van der Waals surface area contributed by atoms with Crippen molar-refractivity contribution in [2.24, 2.45) is 46.3 Å². The molecular formula is C28H48S. The van der Waals surface area contributed by atoms with Crippen molar-refractivity contribution in [2.45, 2.75) is 110 Å². The number of thioether (sulfide) groups is 1. The predicted octanol–water partition coefficient (Wildman–Crippen LogP) is 8.76. The van der Waals surface area contributed by atoms with Gasteiger partial charge in [0.05, 0.1) is 0 Å². The summed E-state index contributed by atoms with van der Waals surface area (Å²) in [6, 6.07) is 0. The molecule has 3 fully saturated rings. The number of rotatable bonds is 6. The maximum absolute atomic E-state index is 2.76. The van der Waals surface area contributed by atoms with Crippen LogP contribution in [0.25, 0.3) is 0 Å². The van der Waals surface area contributed by atoms with E-state index in [2.05, 4.69) is 58.7 Å². The second kappa shape index (κ2) is 8.55. The van der Waals surface area contributed by atoms with Crippen LogP contribution in [0.5, 0.6) is 0 Å². The fraction of sp³-hybridized carbons (Fsp3) is 0.929. The lowest BCUT2D eigenvalue weighted by Crippen LogP contribution is -2.50. The Bertz CT molecular complexity index is 605. The molecule has 166 valence electrons. The van der Waals surface area contributed by atoms with Crippen molar-refractivity contribution in [1.82, 2.24) is 0 Å². The topological polar surface area (TPSA) is 0 Å². The highest BCUT2D eigenvalue weighted by Gasteiger charge is 2.59. The first-order valence-electron chi connectivity index (χ1n) is 13.0. The minimum Gasteiger partial charge on any atom is -0.162 e. The van der Waals surface area contributed by atoms with Crippen molar-refractivity contribution >= 4 is 11.8 Å². The molecule has 3 saturated carbocycles. The third kappa shape index (κ3) is 3.89. The molecule has 0 amide bonds. The number of allylic oxidation sites excluding steroid dienone is 2. The van der Waals surface area contributed by atoms with Crippen LogP contribution in [0.2, 0.25) is 0 Å². The second-order valence-corrected chi connectivity index (χ2v) is 13.5. The molecule has 8 atom stereocenters. The monoisotopic (exact) mass is 416 g/mol. The highest BCUT2D eigenvalue weighted by atomic mass is 32.2. The summed E-state index contributed by atoms with van der Waals surface area (Å²) in [6.07, 6.45) is 21.2. The van der Waals surface area contributed by atoms with Crippen LogP contribution < -0.4 is 0 Å². The number of hydrogen-bond donors (Lipinski definition) is 0. The van der Waals surface area contributed by atoms with E-state index in [0.29, 0.717) is 10.8 Å². The van der Waals surface area contributed by atoms with Crippen LogP contribution in [-0.2, 0) is 0 Å². The fourth-order valence-electron chi connectivity index (χ4n) is 8.85. The van der Waals surface area contributed by atoms with Gasteiger partial charge < -0.3 is 0 Å². The van der Waals surface area contributed by atoms with E-state index in [1.54, 1.807) is 0 Å². The Hall–Kier alpha value is 0.0900. The first kappa shape index (κ1) is 22.3. The molecule has 0 spiro atoms. The Labute approximate surface area is 186 Å². The van der Waals surface area contributed by atoms with Gasteiger partial charge in [-0.15, -0.1) is 0 Å². The van der Waals surface area contributed by atoms with Gasteiger partial charge >= 0.3 is 0 Å². The maximum Gasteiger partial charge on any atom is 0.00819 e. The largest absolute Gasteiger partial charge is 0.162 e. The summed E-state index contributed by atoms with van der Waals surface area (Å²) < 4.78 is 0. The van der Waals surface area contributed by atoms with Crippen molar-refractivity contribution in [2.75, 3.05) is 6.26 Å². The molecule has 0 radical (unpaired) electrons. The molecular weight excluding hydrogens is 368 g/mol. The van der Waals surface area contributed by atoms with Gasteiger partial charge in [-0.2, -0.15) is 11.8 Å². The lowest BCUT2D eigenvalue weighted by molar-refractivity contribution is -0.0497. The van der Waals surface area contributed by atoms with Crippen molar-refractivity contribution < 1.29 is 0 Å². The standard InChI is InChI=1S/C28H48S/c1-19(2)8-7-9-20(3)24-12-13-25-23-11-10-21-18-22(29-6)14-16-27(21,4)26(23)15-17-28(24,25)5/h10,19-20,22-26H,7-9,11-18H2,1-6H3/t20-,22-,23+,24-,25+,26+,27-,28-/m0/s1. The van der Waals surface area contributed by atoms with Crippen LogP contribution in [0.3, 0.4) is 0 Å². The lowest BCUT2D eigenvalue weighted by Gasteiger charge is -2.58. The summed E-state index contributed by atoms with van der Waals surface area (Å²) in [7, 11) is 0. The van der Waals surface area contributed by atoms with Gasteiger partial charge in [0.1, 0.15) is 0 Å². The van der Waals surface area contributed by atoms with E-state index in [1.807, 2.05) is 5.57 Å². The number of fused-ring (bicyclic) bond motifs is 5. The smallest absolute Gasteiger partial charge is 0.00819 e. The van der Waals surface area contributed by atoms with Gasteiger partial charge in [0.15, 0.2) is 0 Å². The molecule has 0 bridgehead atoms. The van der Waals surface area contributed by atoms with Gasteiger partial charge in [-0.25, -0.2) is 0 Å². The van der Waals surface area contributed by atoms with Gasteiger partial charge in [-0.3, -0.25) is 0 Å². The van der Waals surface area contributed by atoms with Crippen molar-refractivity contribution in [3.05, 3.63) is 11.6 Å². The Morgan fingerprint density at radius 3 is 2.52 bits per heavy atom. The van der Waals surface area contributed by atoms with Crippen molar-refractivity contribution in [3.63, 3.8) is 0 Å². The molecule has 4 aliphatic carbocycles. The predicted molar refractivity (Wildman–Crippen MR) is 130 cm³/mol. The molecule has 1 heteroatoms. The van der Waals surface area contributed by atoms with E-state index in [0.717, 1.165) is 40.8 Å². The van der Waals surface area contributed by atoms with E-state index in [9.17, 15) is 0 Å². The summed E-state index contributed by atoms with van der Waals surface area (Å²) in [5, 5.41) is 0.891. The first-order valence-corrected chi connectivity index (χ1v) is 14.3. The van der Waals surface area contributed by atoms with Gasteiger partial charge in [-0.1, -0.05) is 65.5 Å². The average molecular weight is 417 g/mol. The maximum atomic E-state index is 2.76. The molecule has 0 saturated heterocycles. The van der Waals surface area contributed by atoms with Crippen molar-refractivity contribution in [1.29, 1.82) is 0 Å². The highest BCUT2D eigenvalue weighted by molar-refractivity contribution is 7.99. The van der Waals surface area contributed by atoms with Crippen LogP contribution in [0.4, 0.5) is 0 Å². The summed E-state index contributed by atoms with van der Waals surface area (Å²) in [4.78, 5) is 0. The number of hydrogen-bond acceptors (Lipinski definition) is 1. The van der Waals surface area contributed by atoms with E-state index >= 15 is 0 Å². The minimum absolute atomic E-state index is 0.539. The zero-order chi connectivity index (χ0) is 20.8. The van der Waals surface area contributed by atoms with Gasteiger partial charge in [0.25, 0.3) is 0 Å². The zero-order valence-electron chi connectivity index (χ0n) is 20.3. The summed E-state index contributed by atoms with van der Waals surface area (Å²) in [5.74, 6) is 5.77. The van der Waals surface area contributed by atoms with Crippen molar-refractivity contribution in [3.8, 4) is 0 Å². The normalized spacial score (nSPS) is 45.3. The Kier molecular flexibility index (Phi) is 6.57. The molecule has 0 aliphatic heterocycles. The van der Waals surface area contributed by atoms with Crippen LogP contribution in [0.1, 0.15) is 105 Å². The van der Waals surface area contributed by atoms with E-state index in [-0.39, 0.29) is 0 Å². The van der Waals surface area contributed by atoms with Crippen LogP contribution in [0.15, 0.2) is 11.6 Å². The average Bonchev–Trinajstić information content (AvgIpc) is 3.04. The molecule has 0 unspecified atom stereocenters. The van der Waals surface area contributed by atoms with E-state index in [4.69, 9.17) is 0 Å². The third-order valence-corrected chi connectivity index (χ3v) is 11.7.